The first-order valence-corrected chi connectivity index (χ1v) is 14.5. The van der Waals surface area contributed by atoms with Crippen LogP contribution >= 0.6 is 7.60 Å². The molecular weight excluding hydrogens is 487 g/mol. The minimum Gasteiger partial charge on any atom is -0.501 e. The van der Waals surface area contributed by atoms with Crippen LogP contribution in [0, 0.1) is 0 Å². The Balaban J connectivity index is 3.53. The van der Waals surface area contributed by atoms with E-state index in [1.807, 2.05) is 13.8 Å². The summed E-state index contributed by atoms with van der Waals surface area (Å²) in [5, 5.41) is 10.3. The van der Waals surface area contributed by atoms with Crippen LogP contribution < -0.4 is 10.5 Å². The number of anilines is 1. The van der Waals surface area contributed by atoms with E-state index in [4.69, 9.17) is 9.05 Å². The SMILES string of the molecule is CCC(C)OP(=O)(CCN(C)c1nc(C(=O)N(C)C)c(O)c(=O)n1S(=O)(=O)CC)OC(C)CC. The molecule has 0 saturated heterocycles. The molecular formula is C20H37N4O8PS. The minimum atomic E-state index is -4.21. The molecule has 14 heteroatoms. The fourth-order valence-corrected chi connectivity index (χ4v) is 5.89. The van der Waals surface area contributed by atoms with Crippen LogP contribution in [0.2, 0.25) is 0 Å². The Hall–Kier alpha value is -1.95. The van der Waals surface area contributed by atoms with Crippen LogP contribution in [-0.4, -0.2) is 85.1 Å². The molecule has 0 fully saturated rings. The van der Waals surface area contributed by atoms with Crippen molar-refractivity contribution >= 4 is 29.5 Å². The average molecular weight is 525 g/mol. The molecule has 1 heterocycles. The molecule has 196 valence electrons. The van der Waals surface area contributed by atoms with Gasteiger partial charge in [-0.15, -0.1) is 0 Å². The number of aromatic nitrogens is 2. The zero-order chi connectivity index (χ0) is 26.4. The summed E-state index contributed by atoms with van der Waals surface area (Å²) in [6, 6.07) is 0. The summed E-state index contributed by atoms with van der Waals surface area (Å²) in [7, 11) is -3.58. The van der Waals surface area contributed by atoms with Crippen LogP contribution in [-0.2, 0) is 23.6 Å². The summed E-state index contributed by atoms with van der Waals surface area (Å²) in [5.74, 6) is -2.70. The van der Waals surface area contributed by atoms with Gasteiger partial charge in [-0.1, -0.05) is 13.8 Å². The van der Waals surface area contributed by atoms with Crippen molar-refractivity contribution in [2.24, 2.45) is 0 Å². The van der Waals surface area contributed by atoms with Gasteiger partial charge in [0.1, 0.15) is 0 Å². The maximum Gasteiger partial charge on any atom is 0.332 e. The van der Waals surface area contributed by atoms with Crippen molar-refractivity contribution in [2.45, 2.75) is 59.7 Å². The molecule has 0 aromatic carbocycles. The average Bonchev–Trinajstić information content (AvgIpc) is 2.77. The molecule has 0 aliphatic carbocycles. The van der Waals surface area contributed by atoms with Crippen molar-refractivity contribution < 1.29 is 31.9 Å². The summed E-state index contributed by atoms with van der Waals surface area (Å²) in [5.41, 5.74) is -1.88. The van der Waals surface area contributed by atoms with Crippen LogP contribution in [0.25, 0.3) is 0 Å². The Morgan fingerprint density at radius 2 is 1.62 bits per heavy atom. The van der Waals surface area contributed by atoms with Crippen LogP contribution in [0.4, 0.5) is 5.95 Å². The zero-order valence-corrected chi connectivity index (χ0v) is 22.9. The fraction of sp³-hybridized carbons (Fsp3) is 0.750. The van der Waals surface area contributed by atoms with E-state index in [2.05, 4.69) is 4.98 Å². The van der Waals surface area contributed by atoms with E-state index in [9.17, 15) is 27.7 Å². The minimum absolute atomic E-state index is 0.0732. The number of hydrogen-bond acceptors (Lipinski definition) is 10. The molecule has 0 saturated carbocycles. The van der Waals surface area contributed by atoms with E-state index < -0.39 is 52.2 Å². The lowest BCUT2D eigenvalue weighted by atomic mass is 10.3. The number of hydrogen-bond donors (Lipinski definition) is 1. The third-order valence-electron chi connectivity index (χ3n) is 5.14. The molecule has 1 amide bonds. The first kappa shape index (κ1) is 30.1. The third-order valence-corrected chi connectivity index (χ3v) is 8.86. The molecule has 2 unspecified atom stereocenters. The first-order valence-electron chi connectivity index (χ1n) is 11.1. The molecule has 1 rings (SSSR count). The Morgan fingerprint density at radius 1 is 1.12 bits per heavy atom. The highest BCUT2D eigenvalue weighted by Crippen LogP contribution is 2.51. The summed E-state index contributed by atoms with van der Waals surface area (Å²) in [6.45, 7) is 8.54. The van der Waals surface area contributed by atoms with Gasteiger partial charge in [-0.05, 0) is 33.6 Å². The van der Waals surface area contributed by atoms with Crippen molar-refractivity contribution in [2.75, 3.05) is 44.5 Å². The van der Waals surface area contributed by atoms with E-state index in [-0.39, 0.29) is 24.9 Å². The Labute approximate surface area is 201 Å². The Bertz CT molecular complexity index is 1060. The van der Waals surface area contributed by atoms with Gasteiger partial charge in [-0.25, -0.2) is 13.4 Å². The Morgan fingerprint density at radius 3 is 2.03 bits per heavy atom. The molecule has 34 heavy (non-hydrogen) atoms. The van der Waals surface area contributed by atoms with E-state index in [0.717, 1.165) is 4.90 Å². The van der Waals surface area contributed by atoms with E-state index in [0.29, 0.717) is 16.8 Å². The highest BCUT2D eigenvalue weighted by Gasteiger charge is 2.32. The topological polar surface area (TPSA) is 148 Å². The van der Waals surface area contributed by atoms with Crippen molar-refractivity contribution in [3.8, 4) is 5.75 Å². The van der Waals surface area contributed by atoms with Crippen molar-refractivity contribution in [1.82, 2.24) is 13.9 Å². The number of carbonyl (C=O) groups excluding carboxylic acids is 1. The summed E-state index contributed by atoms with van der Waals surface area (Å²) >= 11 is 0. The quantitative estimate of drug-likeness (QED) is 0.380. The van der Waals surface area contributed by atoms with Crippen molar-refractivity contribution in [1.29, 1.82) is 0 Å². The van der Waals surface area contributed by atoms with Crippen LogP contribution in [0.1, 0.15) is 57.9 Å². The molecule has 0 aliphatic rings. The lowest BCUT2D eigenvalue weighted by Gasteiger charge is -2.28. The predicted octanol–water partition coefficient (Wildman–Crippen LogP) is 2.11. The zero-order valence-electron chi connectivity index (χ0n) is 21.1. The fourth-order valence-electron chi connectivity index (χ4n) is 2.67. The number of nitrogens with zero attached hydrogens (tertiary/aromatic N) is 4. The molecule has 0 spiro atoms. The van der Waals surface area contributed by atoms with Gasteiger partial charge in [-0.2, -0.15) is 3.97 Å². The third kappa shape index (κ3) is 7.27. The van der Waals surface area contributed by atoms with Gasteiger partial charge < -0.3 is 24.0 Å². The highest BCUT2D eigenvalue weighted by atomic mass is 32.2. The number of aromatic hydroxyl groups is 1. The smallest absolute Gasteiger partial charge is 0.332 e. The molecule has 2 atom stereocenters. The van der Waals surface area contributed by atoms with E-state index in [1.54, 1.807) is 13.8 Å². The second-order valence-corrected chi connectivity index (χ2v) is 12.4. The maximum atomic E-state index is 13.4. The van der Waals surface area contributed by atoms with Gasteiger partial charge in [0.15, 0.2) is 5.69 Å². The summed E-state index contributed by atoms with van der Waals surface area (Å²) < 4.78 is 50.5. The van der Waals surface area contributed by atoms with Gasteiger partial charge in [0.2, 0.25) is 21.7 Å². The first-order chi connectivity index (χ1) is 15.6. The molecule has 0 bridgehead atoms. The number of rotatable bonds is 13. The lowest BCUT2D eigenvalue weighted by Crippen LogP contribution is -2.38. The standard InChI is InChI=1S/C20H37N4O8PS/c1-9-14(4)31-33(28,32-15(5)10-2)13-12-23(8)20-21-16(18(26)22(6)7)17(25)19(27)24(20)34(29,30)11-3/h14-15,25H,9-13H2,1-8H3. The van der Waals surface area contributed by atoms with Crippen LogP contribution in [0.15, 0.2) is 4.79 Å². The normalized spacial score (nSPS) is 15.4. The summed E-state index contributed by atoms with van der Waals surface area (Å²) in [6.07, 6.45) is 0.406. The molecule has 1 aromatic heterocycles. The van der Waals surface area contributed by atoms with Gasteiger partial charge in [0.05, 0.1) is 24.1 Å². The molecule has 12 nitrogen and oxygen atoms in total. The monoisotopic (exact) mass is 524 g/mol. The van der Waals surface area contributed by atoms with E-state index >= 15 is 0 Å². The van der Waals surface area contributed by atoms with Gasteiger partial charge in [0.25, 0.3) is 5.91 Å². The number of carbonyl (C=O) groups is 1. The predicted molar refractivity (Wildman–Crippen MR) is 130 cm³/mol. The highest BCUT2D eigenvalue weighted by molar-refractivity contribution is 7.89. The molecule has 0 aliphatic heterocycles. The largest absolute Gasteiger partial charge is 0.501 e. The molecule has 0 radical (unpaired) electrons. The maximum absolute atomic E-state index is 13.4. The van der Waals surface area contributed by atoms with Gasteiger partial charge in [-0.3, -0.25) is 14.2 Å². The second kappa shape index (κ2) is 12.1. The van der Waals surface area contributed by atoms with Gasteiger partial charge >= 0.3 is 13.2 Å². The molecule has 1 N–H and O–H groups in total. The molecule has 1 aromatic rings. The van der Waals surface area contributed by atoms with E-state index in [1.165, 1.54) is 33.0 Å². The van der Waals surface area contributed by atoms with Gasteiger partial charge in [0, 0.05) is 27.7 Å². The van der Waals surface area contributed by atoms with Crippen molar-refractivity contribution in [3.63, 3.8) is 0 Å². The number of amides is 1. The lowest BCUT2D eigenvalue weighted by molar-refractivity contribution is 0.0818. The van der Waals surface area contributed by atoms with Crippen molar-refractivity contribution in [3.05, 3.63) is 16.0 Å². The summed E-state index contributed by atoms with van der Waals surface area (Å²) in [4.78, 5) is 31.6. The Kier molecular flexibility index (Phi) is 10.7. The second-order valence-electron chi connectivity index (χ2n) is 8.18. The van der Waals surface area contributed by atoms with Crippen LogP contribution in [0.5, 0.6) is 5.75 Å². The van der Waals surface area contributed by atoms with Crippen LogP contribution in [0.3, 0.4) is 0 Å².